The molecule has 41 heavy (non-hydrogen) atoms. The van der Waals surface area contributed by atoms with E-state index in [1.54, 1.807) is 29.5 Å². The average molecular weight is 645 g/mol. The average Bonchev–Trinajstić information content (AvgIpc) is 3.46. The van der Waals surface area contributed by atoms with Crippen molar-refractivity contribution in [2.24, 2.45) is 0 Å². The van der Waals surface area contributed by atoms with Crippen LogP contribution in [-0.2, 0) is 6.54 Å². The first-order valence-corrected chi connectivity index (χ1v) is 15.9. The van der Waals surface area contributed by atoms with Gasteiger partial charge < -0.3 is 32.4 Å². The van der Waals surface area contributed by atoms with Gasteiger partial charge in [-0.3, -0.25) is 4.79 Å². The number of para-hydroxylation sites is 1. The van der Waals surface area contributed by atoms with Crippen molar-refractivity contribution in [2.75, 3.05) is 17.2 Å². The van der Waals surface area contributed by atoms with Gasteiger partial charge in [0.2, 0.25) is 5.51 Å². The van der Waals surface area contributed by atoms with E-state index < -0.39 is 0 Å². The summed E-state index contributed by atoms with van der Waals surface area (Å²) in [5, 5.41) is 7.79. The number of unbranched alkanes of at least 4 members (excludes halogenated alkanes) is 11. The lowest BCUT2D eigenvalue weighted by molar-refractivity contribution is -0.683. The number of nitrogens with zero attached hydrogens (tertiary/aromatic N) is 1. The lowest BCUT2D eigenvalue weighted by Gasteiger charge is -2.16. The molecule has 0 aliphatic heterocycles. The van der Waals surface area contributed by atoms with Crippen LogP contribution >= 0.6 is 11.3 Å². The summed E-state index contributed by atoms with van der Waals surface area (Å²) in [6.07, 6.45) is 17.3. The lowest BCUT2D eigenvalue weighted by Crippen LogP contribution is -3.00. The molecule has 0 saturated heterocycles. The number of halogens is 1. The second-order valence-corrected chi connectivity index (χ2v) is 11.2. The Morgan fingerprint density at radius 2 is 1.46 bits per heavy atom. The van der Waals surface area contributed by atoms with Crippen LogP contribution in [0.15, 0.2) is 59.6 Å². The lowest BCUT2D eigenvalue weighted by atomic mass is 10.1. The van der Waals surface area contributed by atoms with Crippen LogP contribution in [0.1, 0.15) is 107 Å². The first-order valence-electron chi connectivity index (χ1n) is 14.9. The highest BCUT2D eigenvalue weighted by Gasteiger charge is 2.16. The maximum absolute atomic E-state index is 12.8. The molecular weight excluding hydrogens is 598 g/mol. The fourth-order valence-electron chi connectivity index (χ4n) is 4.73. The van der Waals surface area contributed by atoms with E-state index in [0.29, 0.717) is 29.3 Å². The number of benzene rings is 2. The number of amides is 2. The van der Waals surface area contributed by atoms with Gasteiger partial charge in [-0.2, -0.15) is 4.57 Å². The number of carbonyl (C=O) groups is 2. The van der Waals surface area contributed by atoms with Gasteiger partial charge in [-0.05, 0) is 37.6 Å². The molecular formula is C33H46BrN3O3S. The number of carbonyl (C=O) groups excluding carboxylic acids is 2. The topological polar surface area (TPSA) is 71.3 Å². The summed E-state index contributed by atoms with van der Waals surface area (Å²) in [6.45, 7) is 5.08. The largest absolute Gasteiger partial charge is 1.00 e. The Labute approximate surface area is 260 Å². The van der Waals surface area contributed by atoms with E-state index in [4.69, 9.17) is 4.74 Å². The molecule has 8 heteroatoms. The van der Waals surface area contributed by atoms with E-state index in [1.807, 2.05) is 35.8 Å². The number of ether oxygens (including phenoxy) is 1. The normalized spacial score (nSPS) is 10.6. The van der Waals surface area contributed by atoms with Crippen molar-refractivity contribution < 1.29 is 35.9 Å². The van der Waals surface area contributed by atoms with Crippen LogP contribution in [0, 0.1) is 0 Å². The zero-order valence-electron chi connectivity index (χ0n) is 24.6. The summed E-state index contributed by atoms with van der Waals surface area (Å²) in [6, 6.07) is 12.7. The van der Waals surface area contributed by atoms with Crippen molar-refractivity contribution >= 4 is 34.5 Å². The SMILES string of the molecule is CCCCCCCCCCCCCCOc1c(NC(=O)Nc2ccc(C[n+]3ccsc3)cc2)cccc1C(C)=O.[Br-]. The second-order valence-electron chi connectivity index (χ2n) is 10.5. The molecule has 1 heterocycles. The number of aromatic nitrogens is 1. The Morgan fingerprint density at radius 1 is 0.829 bits per heavy atom. The number of hydrogen-bond acceptors (Lipinski definition) is 4. The van der Waals surface area contributed by atoms with Gasteiger partial charge in [0.05, 0.1) is 23.2 Å². The molecule has 0 radical (unpaired) electrons. The number of rotatable bonds is 19. The van der Waals surface area contributed by atoms with Gasteiger partial charge in [-0.25, -0.2) is 4.79 Å². The number of nitrogens with one attached hydrogen (secondary N) is 2. The third-order valence-electron chi connectivity index (χ3n) is 6.99. The molecule has 0 spiro atoms. The summed E-state index contributed by atoms with van der Waals surface area (Å²) < 4.78 is 8.19. The quantitative estimate of drug-likeness (QED) is 0.0954. The van der Waals surface area contributed by atoms with E-state index in [2.05, 4.69) is 27.6 Å². The highest BCUT2D eigenvalue weighted by molar-refractivity contribution is 7.07. The molecule has 2 N–H and O–H groups in total. The first kappa shape index (κ1) is 34.5. The van der Waals surface area contributed by atoms with Crippen LogP contribution < -0.4 is 36.9 Å². The van der Waals surface area contributed by atoms with Crippen LogP contribution in [-0.4, -0.2) is 18.4 Å². The first-order chi connectivity index (χ1) is 19.6. The third kappa shape index (κ3) is 13.2. The Morgan fingerprint density at radius 3 is 2.05 bits per heavy atom. The van der Waals surface area contributed by atoms with Gasteiger partial charge in [-0.1, -0.05) is 107 Å². The zero-order chi connectivity index (χ0) is 28.4. The predicted octanol–water partition coefficient (Wildman–Crippen LogP) is 6.01. The van der Waals surface area contributed by atoms with Gasteiger partial charge >= 0.3 is 6.03 Å². The summed E-state index contributed by atoms with van der Waals surface area (Å²) in [5.41, 5.74) is 4.88. The highest BCUT2D eigenvalue weighted by atomic mass is 79.9. The van der Waals surface area contributed by atoms with Crippen LogP contribution in [0.3, 0.4) is 0 Å². The van der Waals surface area contributed by atoms with Crippen LogP contribution in [0.4, 0.5) is 16.2 Å². The van der Waals surface area contributed by atoms with Crippen LogP contribution in [0.5, 0.6) is 5.75 Å². The molecule has 1 aromatic heterocycles. The Hall–Kier alpha value is -2.71. The monoisotopic (exact) mass is 643 g/mol. The number of ketones is 1. The minimum absolute atomic E-state index is 0. The van der Waals surface area contributed by atoms with Gasteiger partial charge in [-0.15, -0.1) is 0 Å². The van der Waals surface area contributed by atoms with E-state index in [1.165, 1.54) is 71.1 Å². The maximum Gasteiger partial charge on any atom is 0.323 e. The van der Waals surface area contributed by atoms with Crippen molar-refractivity contribution in [3.8, 4) is 5.75 Å². The molecule has 2 aromatic carbocycles. The van der Waals surface area contributed by atoms with Crippen molar-refractivity contribution in [2.45, 2.75) is 97.4 Å². The molecule has 0 bridgehead atoms. The van der Waals surface area contributed by atoms with Gasteiger partial charge in [0.1, 0.15) is 0 Å². The van der Waals surface area contributed by atoms with E-state index in [9.17, 15) is 9.59 Å². The molecule has 0 unspecified atom stereocenters. The minimum Gasteiger partial charge on any atom is -1.00 e. The Kier molecular flexibility index (Phi) is 17.0. The smallest absolute Gasteiger partial charge is 0.323 e. The Balaban J connectivity index is 0.00000588. The fourth-order valence-corrected chi connectivity index (χ4v) is 5.32. The van der Waals surface area contributed by atoms with Crippen LogP contribution in [0.25, 0.3) is 0 Å². The number of anilines is 2. The fraction of sp³-hybridized carbons (Fsp3) is 0.485. The highest BCUT2D eigenvalue weighted by Crippen LogP contribution is 2.30. The molecule has 0 atom stereocenters. The summed E-state index contributed by atoms with van der Waals surface area (Å²) >= 11 is 1.65. The summed E-state index contributed by atoms with van der Waals surface area (Å²) in [7, 11) is 0. The second kappa shape index (κ2) is 20.2. The zero-order valence-corrected chi connectivity index (χ0v) is 27.0. The van der Waals surface area contributed by atoms with Crippen molar-refractivity contribution in [1.29, 1.82) is 0 Å². The number of thiazole rings is 1. The van der Waals surface area contributed by atoms with E-state index >= 15 is 0 Å². The van der Waals surface area contributed by atoms with Gasteiger partial charge in [0.25, 0.3) is 0 Å². The van der Waals surface area contributed by atoms with Crippen molar-refractivity contribution in [3.63, 3.8) is 0 Å². The molecule has 224 valence electrons. The maximum atomic E-state index is 12.8. The minimum atomic E-state index is -0.379. The Bertz CT molecular complexity index is 1150. The molecule has 0 aliphatic carbocycles. The molecule has 6 nitrogen and oxygen atoms in total. The summed E-state index contributed by atoms with van der Waals surface area (Å²) in [5.74, 6) is 0.351. The van der Waals surface area contributed by atoms with E-state index in [-0.39, 0.29) is 28.8 Å². The number of Topliss-reactive ketones (excluding diaryl/α,β-unsaturated/α-hetero) is 1. The molecule has 0 fully saturated rings. The molecule has 3 aromatic rings. The van der Waals surface area contributed by atoms with Gasteiger partial charge in [0.15, 0.2) is 24.3 Å². The molecule has 3 rings (SSSR count). The summed E-state index contributed by atoms with van der Waals surface area (Å²) in [4.78, 5) is 25.0. The van der Waals surface area contributed by atoms with E-state index in [0.717, 1.165) is 24.9 Å². The van der Waals surface area contributed by atoms with Gasteiger partial charge in [0, 0.05) is 11.3 Å². The van der Waals surface area contributed by atoms with Crippen molar-refractivity contribution in [3.05, 3.63) is 70.7 Å². The molecule has 0 saturated carbocycles. The standard InChI is InChI=1S/C33H45N3O3S.BrH/c1-3-4-5-6-7-8-9-10-11-12-13-14-23-39-32-30(27(2)37)16-15-17-31(32)35-33(38)34-29-20-18-28(19-21-29)25-36-22-24-40-26-36;/h15-22,24,26H,3-14,23,25H2,1-2H3,(H-,34,35,38);1H. The molecule has 2 amide bonds. The number of urea groups is 1. The van der Waals surface area contributed by atoms with Crippen molar-refractivity contribution in [1.82, 2.24) is 0 Å². The third-order valence-corrected chi connectivity index (χ3v) is 7.66. The van der Waals surface area contributed by atoms with Crippen LogP contribution in [0.2, 0.25) is 0 Å². The number of hydrogen-bond donors (Lipinski definition) is 2. The predicted molar refractivity (Wildman–Crippen MR) is 166 cm³/mol. The molecule has 0 aliphatic rings.